The number of benzene rings is 2. The SMILES string of the molecule is Cc1ccc(-c2cc(C(N)=O)c3[nH]cc(C4CCS(O)(O)CC4)c3c2)cc1. The number of amides is 1. The van der Waals surface area contributed by atoms with Crippen LogP contribution in [0.1, 0.15) is 40.2 Å². The summed E-state index contributed by atoms with van der Waals surface area (Å²) in [5, 5.41) is 0.991. The number of fused-ring (bicyclic) bond motifs is 1. The van der Waals surface area contributed by atoms with E-state index < -0.39 is 16.5 Å². The van der Waals surface area contributed by atoms with Gasteiger partial charge in [-0.3, -0.25) is 13.9 Å². The number of carbonyl (C=O) groups is 1. The van der Waals surface area contributed by atoms with Gasteiger partial charge in [0.25, 0.3) is 5.91 Å². The lowest BCUT2D eigenvalue weighted by Crippen LogP contribution is -2.19. The number of rotatable bonds is 3. The van der Waals surface area contributed by atoms with Gasteiger partial charge in [0.2, 0.25) is 0 Å². The average molecular weight is 385 g/mol. The molecule has 142 valence electrons. The quantitative estimate of drug-likeness (QED) is 0.518. The zero-order valence-corrected chi connectivity index (χ0v) is 16.1. The molecule has 2 aromatic carbocycles. The first-order chi connectivity index (χ1) is 12.8. The topological polar surface area (TPSA) is 99.3 Å². The van der Waals surface area contributed by atoms with Crippen LogP contribution in [0.4, 0.5) is 0 Å². The summed E-state index contributed by atoms with van der Waals surface area (Å²) in [6.45, 7) is 2.04. The summed E-state index contributed by atoms with van der Waals surface area (Å²) < 4.78 is 19.8. The Morgan fingerprint density at radius 2 is 1.78 bits per heavy atom. The van der Waals surface area contributed by atoms with Crippen molar-refractivity contribution in [3.05, 3.63) is 59.3 Å². The van der Waals surface area contributed by atoms with E-state index in [1.54, 1.807) is 0 Å². The number of carbonyl (C=O) groups excluding carboxylic acids is 1. The number of aromatic nitrogens is 1. The molecule has 0 bridgehead atoms. The van der Waals surface area contributed by atoms with E-state index in [9.17, 15) is 13.9 Å². The molecule has 2 heterocycles. The molecule has 0 atom stereocenters. The van der Waals surface area contributed by atoms with Crippen LogP contribution in [0.25, 0.3) is 22.0 Å². The van der Waals surface area contributed by atoms with E-state index in [1.807, 2.05) is 43.5 Å². The summed E-state index contributed by atoms with van der Waals surface area (Å²) in [6, 6.07) is 12.1. The molecule has 1 saturated heterocycles. The van der Waals surface area contributed by atoms with Crippen molar-refractivity contribution >= 4 is 27.4 Å². The lowest BCUT2D eigenvalue weighted by atomic mass is 9.90. The first-order valence-electron chi connectivity index (χ1n) is 9.09. The normalized spacial score (nSPS) is 18.5. The van der Waals surface area contributed by atoms with Gasteiger partial charge in [-0.1, -0.05) is 29.8 Å². The number of primary amides is 1. The summed E-state index contributed by atoms with van der Waals surface area (Å²) in [7, 11) is -2.42. The van der Waals surface area contributed by atoms with Crippen molar-refractivity contribution in [2.24, 2.45) is 5.73 Å². The van der Waals surface area contributed by atoms with Crippen molar-refractivity contribution in [3.8, 4) is 11.1 Å². The Morgan fingerprint density at radius 1 is 1.11 bits per heavy atom. The Bertz CT molecular complexity index is 998. The molecule has 1 aliphatic heterocycles. The van der Waals surface area contributed by atoms with Gasteiger partial charge in [-0.15, -0.1) is 0 Å². The number of aromatic amines is 1. The minimum Gasteiger partial charge on any atom is -0.366 e. The third-order valence-electron chi connectivity index (χ3n) is 5.50. The van der Waals surface area contributed by atoms with Crippen molar-refractivity contribution in [3.63, 3.8) is 0 Å². The van der Waals surface area contributed by atoms with Crippen LogP contribution in [0, 0.1) is 6.92 Å². The molecule has 4 rings (SSSR count). The summed E-state index contributed by atoms with van der Waals surface area (Å²) in [4.78, 5) is 15.3. The van der Waals surface area contributed by atoms with Crippen molar-refractivity contribution < 1.29 is 13.9 Å². The summed E-state index contributed by atoms with van der Waals surface area (Å²) in [5.74, 6) is 0.655. The molecule has 1 aliphatic rings. The molecule has 0 saturated carbocycles. The highest BCUT2D eigenvalue weighted by molar-refractivity contribution is 8.24. The largest absolute Gasteiger partial charge is 0.366 e. The summed E-state index contributed by atoms with van der Waals surface area (Å²) >= 11 is 0. The van der Waals surface area contributed by atoms with E-state index in [-0.39, 0.29) is 5.92 Å². The minimum atomic E-state index is -2.42. The minimum absolute atomic E-state index is 0.243. The van der Waals surface area contributed by atoms with Crippen LogP contribution in [0.15, 0.2) is 42.6 Å². The van der Waals surface area contributed by atoms with E-state index in [0.29, 0.717) is 17.1 Å². The number of hydrogen-bond donors (Lipinski definition) is 4. The van der Waals surface area contributed by atoms with E-state index in [1.165, 1.54) is 5.56 Å². The first kappa shape index (κ1) is 18.1. The highest BCUT2D eigenvalue weighted by atomic mass is 32.3. The maximum atomic E-state index is 12.1. The van der Waals surface area contributed by atoms with E-state index >= 15 is 0 Å². The highest BCUT2D eigenvalue weighted by Crippen LogP contribution is 2.49. The smallest absolute Gasteiger partial charge is 0.250 e. The van der Waals surface area contributed by atoms with Gasteiger partial charge in [-0.05, 0) is 54.5 Å². The lowest BCUT2D eigenvalue weighted by molar-refractivity contribution is 0.100. The molecule has 0 radical (unpaired) electrons. The van der Waals surface area contributed by atoms with Crippen LogP contribution in [-0.4, -0.2) is 31.5 Å². The molecule has 5 N–H and O–H groups in total. The molecule has 1 amide bonds. The van der Waals surface area contributed by atoms with E-state index in [0.717, 1.165) is 40.4 Å². The predicted octanol–water partition coefficient (Wildman–Crippen LogP) is 4.87. The molecule has 0 unspecified atom stereocenters. The molecule has 1 aromatic heterocycles. The second-order valence-corrected chi connectivity index (χ2v) is 9.83. The highest BCUT2D eigenvalue weighted by Gasteiger charge is 2.27. The lowest BCUT2D eigenvalue weighted by Gasteiger charge is -2.39. The first-order valence-corrected chi connectivity index (χ1v) is 11.0. The molecule has 3 aromatic rings. The molecular weight excluding hydrogens is 360 g/mol. The number of nitrogens with one attached hydrogen (secondary N) is 1. The zero-order valence-electron chi connectivity index (χ0n) is 15.2. The Balaban J connectivity index is 1.82. The van der Waals surface area contributed by atoms with Crippen molar-refractivity contribution in [2.45, 2.75) is 25.7 Å². The van der Waals surface area contributed by atoms with Crippen LogP contribution < -0.4 is 5.73 Å². The van der Waals surface area contributed by atoms with Gasteiger partial charge in [-0.25, -0.2) is 0 Å². The van der Waals surface area contributed by atoms with E-state index in [2.05, 4.69) is 11.1 Å². The van der Waals surface area contributed by atoms with Crippen LogP contribution in [0.2, 0.25) is 0 Å². The second kappa shape index (κ2) is 6.71. The standard InChI is InChI=1S/C21H24N2O3S/c1-13-2-4-14(5-3-13)16-10-17-19(15-6-8-27(25,26)9-7-15)12-23-20(17)18(11-16)21(22)24/h2-5,10-12,15,23,25-26H,6-9H2,1H3,(H2,22,24). The van der Waals surface area contributed by atoms with Crippen molar-refractivity contribution in [1.29, 1.82) is 0 Å². The van der Waals surface area contributed by atoms with Crippen LogP contribution in [0.3, 0.4) is 0 Å². The predicted molar refractivity (Wildman–Crippen MR) is 112 cm³/mol. The fourth-order valence-electron chi connectivity index (χ4n) is 3.92. The fraction of sp³-hybridized carbons (Fsp3) is 0.286. The van der Waals surface area contributed by atoms with Crippen LogP contribution in [-0.2, 0) is 0 Å². The molecule has 1 fully saturated rings. The number of nitrogens with two attached hydrogens (primary N) is 1. The Morgan fingerprint density at radius 3 is 2.41 bits per heavy atom. The zero-order chi connectivity index (χ0) is 19.2. The Hall–Kier alpha value is -2.28. The molecule has 27 heavy (non-hydrogen) atoms. The fourth-order valence-corrected chi connectivity index (χ4v) is 5.45. The Kier molecular flexibility index (Phi) is 4.50. The van der Waals surface area contributed by atoms with Gasteiger partial charge in [0.05, 0.1) is 11.1 Å². The van der Waals surface area contributed by atoms with Crippen LogP contribution >= 0.6 is 10.6 Å². The second-order valence-electron chi connectivity index (χ2n) is 7.41. The van der Waals surface area contributed by atoms with Gasteiger partial charge in [-0.2, -0.15) is 10.6 Å². The average Bonchev–Trinajstić information content (AvgIpc) is 3.05. The molecule has 5 nitrogen and oxygen atoms in total. The number of hydrogen-bond acceptors (Lipinski definition) is 3. The third kappa shape index (κ3) is 3.48. The van der Waals surface area contributed by atoms with Gasteiger partial charge in [0.15, 0.2) is 0 Å². The van der Waals surface area contributed by atoms with Gasteiger partial charge in [0.1, 0.15) is 0 Å². The van der Waals surface area contributed by atoms with Crippen LogP contribution in [0.5, 0.6) is 0 Å². The summed E-state index contributed by atoms with van der Waals surface area (Å²) in [6.07, 6.45) is 3.41. The summed E-state index contributed by atoms with van der Waals surface area (Å²) in [5.41, 5.74) is 11.2. The molecule has 6 heteroatoms. The molecular formula is C21H24N2O3S. The number of aryl methyl sites for hydroxylation is 1. The maximum absolute atomic E-state index is 12.1. The van der Waals surface area contributed by atoms with Crippen molar-refractivity contribution in [1.82, 2.24) is 4.98 Å². The van der Waals surface area contributed by atoms with E-state index in [4.69, 9.17) is 5.73 Å². The Labute approximate surface area is 159 Å². The van der Waals surface area contributed by atoms with Gasteiger partial charge >= 0.3 is 0 Å². The monoisotopic (exact) mass is 384 g/mol. The third-order valence-corrected chi connectivity index (χ3v) is 7.28. The van der Waals surface area contributed by atoms with Crippen molar-refractivity contribution in [2.75, 3.05) is 11.5 Å². The van der Waals surface area contributed by atoms with Gasteiger partial charge in [0, 0.05) is 23.1 Å². The number of H-pyrrole nitrogens is 1. The molecule has 0 aliphatic carbocycles. The molecule has 0 spiro atoms. The van der Waals surface area contributed by atoms with Gasteiger partial charge < -0.3 is 10.7 Å². The maximum Gasteiger partial charge on any atom is 0.250 e.